The van der Waals surface area contributed by atoms with Crippen LogP contribution in [0.3, 0.4) is 0 Å². The fourth-order valence-electron chi connectivity index (χ4n) is 4.95. The first-order valence-electron chi connectivity index (χ1n) is 11.3. The standard InChI is InChI=1S/C25H29N5OS2/c1-15-7-8-18(11-16(15)2)29-20(31)14-33-23-19(12-26)25(9-5-4-6-10-25)21(22(27)30-23)24-28-17(3)13-32-24/h7-8,11,13,21H,4-6,9-10,14H2,1-3H3,(H2,27,30)(H,29,31)/p+1/t21-/m1/s1. The van der Waals surface area contributed by atoms with Crippen LogP contribution in [-0.4, -0.2) is 22.5 Å². The van der Waals surface area contributed by atoms with Gasteiger partial charge in [0.15, 0.2) is 5.03 Å². The number of aromatic nitrogens is 1. The number of amides is 1. The van der Waals surface area contributed by atoms with Gasteiger partial charge in [-0.25, -0.2) is 9.98 Å². The molecule has 6 nitrogen and oxygen atoms in total. The molecule has 1 aromatic carbocycles. The molecule has 33 heavy (non-hydrogen) atoms. The molecule has 2 aromatic rings. The number of hydrogen-bond donors (Lipinski definition) is 3. The normalized spacial score (nSPS) is 19.8. The molecule has 1 saturated carbocycles. The van der Waals surface area contributed by atoms with Crippen LogP contribution < -0.4 is 16.0 Å². The van der Waals surface area contributed by atoms with Crippen molar-refractivity contribution < 1.29 is 9.79 Å². The third kappa shape index (κ3) is 4.71. The van der Waals surface area contributed by atoms with E-state index in [-0.39, 0.29) is 23.0 Å². The molecular formula is C25H30N5OS2+. The van der Waals surface area contributed by atoms with Crippen LogP contribution in [0.5, 0.6) is 0 Å². The van der Waals surface area contributed by atoms with E-state index in [0.29, 0.717) is 10.9 Å². The molecule has 4 N–H and O–H groups in total. The molecule has 1 aliphatic carbocycles. The maximum atomic E-state index is 12.7. The van der Waals surface area contributed by atoms with E-state index in [1.807, 2.05) is 44.4 Å². The number of rotatable bonds is 5. The summed E-state index contributed by atoms with van der Waals surface area (Å²) in [6, 6.07) is 8.38. The highest BCUT2D eigenvalue weighted by Gasteiger charge is 2.53. The van der Waals surface area contributed by atoms with E-state index in [2.05, 4.69) is 16.4 Å². The predicted molar refractivity (Wildman–Crippen MR) is 135 cm³/mol. The number of thiazole rings is 1. The number of carbonyl (C=O) groups is 1. The summed E-state index contributed by atoms with van der Waals surface area (Å²) in [4.78, 5) is 20.7. The highest BCUT2D eigenvalue weighted by atomic mass is 32.2. The summed E-state index contributed by atoms with van der Waals surface area (Å²) >= 11 is 2.96. The van der Waals surface area contributed by atoms with E-state index < -0.39 is 0 Å². The molecular weight excluding hydrogens is 450 g/mol. The fraction of sp³-hybridized carbons (Fsp3) is 0.440. The smallest absolute Gasteiger partial charge is 0.257 e. The maximum Gasteiger partial charge on any atom is 0.257 e. The van der Waals surface area contributed by atoms with E-state index in [4.69, 9.17) is 10.7 Å². The molecule has 1 amide bonds. The van der Waals surface area contributed by atoms with Crippen LogP contribution in [0.25, 0.3) is 0 Å². The van der Waals surface area contributed by atoms with Crippen LogP contribution in [0.4, 0.5) is 5.69 Å². The number of amidine groups is 1. The van der Waals surface area contributed by atoms with Crippen LogP contribution in [0.2, 0.25) is 0 Å². The average molecular weight is 481 g/mol. The molecule has 2 heterocycles. The number of aryl methyl sites for hydroxylation is 3. The summed E-state index contributed by atoms with van der Waals surface area (Å²) in [6.07, 6.45) is 5.09. The quantitative estimate of drug-likeness (QED) is 0.606. The van der Waals surface area contributed by atoms with E-state index in [9.17, 15) is 10.1 Å². The van der Waals surface area contributed by atoms with Gasteiger partial charge in [-0.05, 0) is 56.9 Å². The topological polar surface area (TPSA) is 106 Å². The Morgan fingerprint density at radius 2 is 2.06 bits per heavy atom. The molecule has 4 rings (SSSR count). The number of carbonyl (C=O) groups excluding carboxylic acids is 1. The van der Waals surface area contributed by atoms with Gasteiger partial charge in [0, 0.05) is 22.2 Å². The van der Waals surface area contributed by atoms with Gasteiger partial charge < -0.3 is 5.32 Å². The highest BCUT2D eigenvalue weighted by Crippen LogP contribution is 2.54. The lowest BCUT2D eigenvalue weighted by Crippen LogP contribution is -2.78. The number of allylic oxidation sites excluding steroid dienone is 1. The van der Waals surface area contributed by atoms with Crippen LogP contribution in [0.1, 0.15) is 59.9 Å². The molecule has 1 aliphatic heterocycles. The number of anilines is 1. The van der Waals surface area contributed by atoms with Crippen molar-refractivity contribution in [1.29, 1.82) is 5.26 Å². The minimum absolute atomic E-state index is 0.108. The molecule has 1 fully saturated rings. The Labute approximate surface area is 203 Å². The number of thioether (sulfide) groups is 1. The third-order valence-electron chi connectivity index (χ3n) is 6.73. The minimum atomic E-state index is -0.362. The van der Waals surface area contributed by atoms with Crippen molar-refractivity contribution in [3.8, 4) is 6.07 Å². The Hall–Kier alpha value is -2.63. The summed E-state index contributed by atoms with van der Waals surface area (Å²) in [5.41, 5.74) is 11.0. The molecule has 1 aromatic heterocycles. The van der Waals surface area contributed by atoms with E-state index in [1.54, 1.807) is 11.3 Å². The van der Waals surface area contributed by atoms with Crippen molar-refractivity contribution >= 4 is 40.5 Å². The largest absolute Gasteiger partial charge is 0.325 e. The second kappa shape index (κ2) is 9.70. The number of nitrogens with zero attached hydrogens (tertiary/aromatic N) is 2. The second-order valence-corrected chi connectivity index (χ2v) is 10.9. The molecule has 2 aliphatic rings. The van der Waals surface area contributed by atoms with Crippen LogP contribution >= 0.6 is 23.1 Å². The second-order valence-electron chi connectivity index (χ2n) is 9.01. The van der Waals surface area contributed by atoms with Crippen molar-refractivity contribution in [2.24, 2.45) is 11.1 Å². The maximum absolute atomic E-state index is 12.7. The molecule has 0 bridgehead atoms. The zero-order chi connectivity index (χ0) is 23.6. The molecule has 0 saturated heterocycles. The molecule has 8 heteroatoms. The van der Waals surface area contributed by atoms with Crippen molar-refractivity contribution in [2.75, 3.05) is 11.1 Å². The zero-order valence-corrected chi connectivity index (χ0v) is 21.0. The summed E-state index contributed by atoms with van der Waals surface area (Å²) < 4.78 is 0. The van der Waals surface area contributed by atoms with Gasteiger partial charge in [0.2, 0.25) is 5.91 Å². The lowest BCUT2D eigenvalue weighted by atomic mass is 9.61. The lowest BCUT2D eigenvalue weighted by molar-refractivity contribution is -0.391. The van der Waals surface area contributed by atoms with E-state index in [0.717, 1.165) is 59.6 Å². The van der Waals surface area contributed by atoms with Gasteiger partial charge in [-0.2, -0.15) is 5.26 Å². The monoisotopic (exact) mass is 480 g/mol. The van der Waals surface area contributed by atoms with Crippen molar-refractivity contribution in [3.63, 3.8) is 0 Å². The Bertz CT molecular complexity index is 1170. The van der Waals surface area contributed by atoms with Gasteiger partial charge in [0.05, 0.1) is 11.3 Å². The summed E-state index contributed by atoms with van der Waals surface area (Å²) in [5, 5.41) is 16.9. The number of nitrogens with one attached hydrogen (secondary N) is 2. The van der Waals surface area contributed by atoms with Gasteiger partial charge in [-0.15, -0.1) is 11.3 Å². The van der Waals surface area contributed by atoms with Gasteiger partial charge in [0.1, 0.15) is 17.0 Å². The Morgan fingerprint density at radius 3 is 2.70 bits per heavy atom. The molecule has 172 valence electrons. The van der Waals surface area contributed by atoms with Gasteiger partial charge in [0.25, 0.3) is 5.84 Å². The fourth-order valence-corrected chi connectivity index (χ4v) is 6.91. The first-order chi connectivity index (χ1) is 15.8. The highest BCUT2D eigenvalue weighted by molar-refractivity contribution is 8.03. The van der Waals surface area contributed by atoms with Crippen LogP contribution in [-0.2, 0) is 4.79 Å². The molecule has 0 radical (unpaired) electrons. The average Bonchev–Trinajstić information content (AvgIpc) is 3.21. The van der Waals surface area contributed by atoms with Gasteiger partial charge in [-0.3, -0.25) is 10.5 Å². The Balaban J connectivity index is 1.59. The summed E-state index contributed by atoms with van der Waals surface area (Å²) in [7, 11) is 0. The SMILES string of the molecule is Cc1csc([C@H]2C(N)=[NH+]C(SCC(=O)Nc3ccc(C)c(C)c3)=C(C#N)C23CCCCC3)n1. The molecule has 0 unspecified atom stereocenters. The first-order valence-corrected chi connectivity index (χ1v) is 13.2. The Kier molecular flexibility index (Phi) is 6.91. The van der Waals surface area contributed by atoms with E-state index in [1.165, 1.54) is 17.3 Å². The van der Waals surface area contributed by atoms with Crippen molar-refractivity contribution in [3.05, 3.63) is 56.0 Å². The van der Waals surface area contributed by atoms with Crippen LogP contribution in [0.15, 0.2) is 34.2 Å². The predicted octanol–water partition coefficient (Wildman–Crippen LogP) is 3.66. The number of nitrogens with two attached hydrogens (primary N) is 1. The summed E-state index contributed by atoms with van der Waals surface area (Å²) in [6.45, 7) is 6.05. The zero-order valence-electron chi connectivity index (χ0n) is 19.3. The minimum Gasteiger partial charge on any atom is -0.325 e. The first kappa shape index (κ1) is 23.5. The van der Waals surface area contributed by atoms with Crippen molar-refractivity contribution in [2.45, 2.75) is 58.8 Å². The third-order valence-corrected chi connectivity index (χ3v) is 8.75. The number of hydrogen-bond acceptors (Lipinski definition) is 6. The van der Waals surface area contributed by atoms with Gasteiger partial charge >= 0.3 is 0 Å². The lowest BCUT2D eigenvalue weighted by Gasteiger charge is -2.42. The molecule has 1 spiro atoms. The summed E-state index contributed by atoms with van der Waals surface area (Å²) in [5.74, 6) is 0.594. The van der Waals surface area contributed by atoms with Gasteiger partial charge in [-0.1, -0.05) is 37.1 Å². The van der Waals surface area contributed by atoms with E-state index >= 15 is 0 Å². The number of benzene rings is 1. The van der Waals surface area contributed by atoms with Crippen LogP contribution in [0, 0.1) is 37.5 Å². The number of nitriles is 1. The Morgan fingerprint density at radius 1 is 1.30 bits per heavy atom. The molecule has 1 atom stereocenters. The van der Waals surface area contributed by atoms with Crippen molar-refractivity contribution in [1.82, 2.24) is 4.98 Å².